The Balaban J connectivity index is 1.54. The lowest BCUT2D eigenvalue weighted by Gasteiger charge is -2.10. The van der Waals surface area contributed by atoms with E-state index in [2.05, 4.69) is 5.32 Å². The molecular formula is C23H15ClN2O6. The van der Waals surface area contributed by atoms with E-state index in [0.29, 0.717) is 33.0 Å². The van der Waals surface area contributed by atoms with Gasteiger partial charge in [-0.15, -0.1) is 0 Å². The van der Waals surface area contributed by atoms with Crippen LogP contribution in [-0.4, -0.2) is 17.4 Å². The van der Waals surface area contributed by atoms with Gasteiger partial charge in [-0.05, 0) is 59.7 Å². The monoisotopic (exact) mass is 450 g/mol. The Morgan fingerprint density at radius 3 is 2.44 bits per heavy atom. The van der Waals surface area contributed by atoms with Crippen molar-refractivity contribution >= 4 is 39.9 Å². The molecule has 0 radical (unpaired) electrons. The van der Waals surface area contributed by atoms with Gasteiger partial charge in [0.1, 0.15) is 11.3 Å². The van der Waals surface area contributed by atoms with Gasteiger partial charge in [-0.25, -0.2) is 4.79 Å². The molecule has 160 valence electrons. The number of nitro groups is 1. The number of nitrogens with one attached hydrogen (secondary N) is 1. The highest BCUT2D eigenvalue weighted by Crippen LogP contribution is 2.30. The van der Waals surface area contributed by atoms with Crippen LogP contribution in [0.2, 0.25) is 5.02 Å². The third-order valence-electron chi connectivity index (χ3n) is 4.60. The van der Waals surface area contributed by atoms with Crippen LogP contribution in [0, 0.1) is 10.1 Å². The molecule has 0 unspecified atom stereocenters. The maximum absolute atomic E-state index is 12.1. The van der Waals surface area contributed by atoms with E-state index in [4.69, 9.17) is 20.8 Å². The normalized spacial score (nSPS) is 10.7. The van der Waals surface area contributed by atoms with E-state index in [0.717, 1.165) is 0 Å². The number of halogens is 1. The zero-order chi connectivity index (χ0) is 22.7. The number of rotatable bonds is 6. The molecule has 1 N–H and O–H groups in total. The van der Waals surface area contributed by atoms with Crippen LogP contribution >= 0.6 is 11.6 Å². The molecule has 3 aromatic carbocycles. The molecule has 32 heavy (non-hydrogen) atoms. The summed E-state index contributed by atoms with van der Waals surface area (Å²) in [5.41, 5.74) is 1.42. The van der Waals surface area contributed by atoms with Crippen molar-refractivity contribution in [2.75, 3.05) is 11.9 Å². The number of nitro benzene ring substituents is 1. The summed E-state index contributed by atoms with van der Waals surface area (Å²) in [6.07, 6.45) is 0. The Morgan fingerprint density at radius 2 is 1.75 bits per heavy atom. The lowest BCUT2D eigenvalue weighted by atomic mass is 10.0. The molecule has 4 aromatic rings. The minimum Gasteiger partial charge on any atom is -0.484 e. The molecule has 0 spiro atoms. The lowest BCUT2D eigenvalue weighted by Crippen LogP contribution is -2.20. The molecule has 0 aliphatic heterocycles. The van der Waals surface area contributed by atoms with Gasteiger partial charge in [0, 0.05) is 40.4 Å². The van der Waals surface area contributed by atoms with Crippen LogP contribution in [0.4, 0.5) is 11.4 Å². The van der Waals surface area contributed by atoms with E-state index in [1.165, 1.54) is 24.3 Å². The molecular weight excluding hydrogens is 436 g/mol. The number of anilines is 1. The summed E-state index contributed by atoms with van der Waals surface area (Å²) in [5.74, 6) is -0.0266. The number of nitrogens with zero attached hydrogens (tertiary/aromatic N) is 1. The summed E-state index contributed by atoms with van der Waals surface area (Å²) in [4.78, 5) is 34.6. The molecule has 8 nitrogen and oxygen atoms in total. The van der Waals surface area contributed by atoms with Crippen LogP contribution in [0.3, 0.4) is 0 Å². The minimum absolute atomic E-state index is 0.0476. The second-order valence-electron chi connectivity index (χ2n) is 6.78. The molecule has 4 rings (SSSR count). The van der Waals surface area contributed by atoms with Gasteiger partial charge >= 0.3 is 5.63 Å². The van der Waals surface area contributed by atoms with Crippen molar-refractivity contribution in [3.8, 4) is 16.9 Å². The second kappa shape index (κ2) is 8.91. The molecule has 0 fully saturated rings. The first-order valence-electron chi connectivity index (χ1n) is 9.40. The number of amides is 1. The van der Waals surface area contributed by atoms with Crippen molar-refractivity contribution in [1.29, 1.82) is 0 Å². The Morgan fingerprint density at radius 1 is 1.03 bits per heavy atom. The van der Waals surface area contributed by atoms with Gasteiger partial charge in [-0.3, -0.25) is 14.9 Å². The maximum atomic E-state index is 12.1. The number of carbonyl (C=O) groups is 1. The van der Waals surface area contributed by atoms with Crippen molar-refractivity contribution in [1.82, 2.24) is 0 Å². The van der Waals surface area contributed by atoms with Gasteiger partial charge in [-0.1, -0.05) is 11.6 Å². The summed E-state index contributed by atoms with van der Waals surface area (Å²) in [7, 11) is 0. The molecule has 0 aliphatic carbocycles. The van der Waals surface area contributed by atoms with Crippen molar-refractivity contribution in [2.24, 2.45) is 0 Å². The first kappa shape index (κ1) is 21.1. The average molecular weight is 451 g/mol. The van der Waals surface area contributed by atoms with Crippen molar-refractivity contribution in [3.63, 3.8) is 0 Å². The highest BCUT2D eigenvalue weighted by molar-refractivity contribution is 6.30. The standard InChI is InChI=1S/C23H15ClN2O6/c24-15-3-5-16(6-4-15)25-22(27)13-31-18-9-10-19-20(12-23(28)32-21(19)11-18)14-1-7-17(8-2-14)26(29)30/h1-12H,13H2,(H,25,27). The summed E-state index contributed by atoms with van der Waals surface area (Å²) >= 11 is 5.82. The molecule has 1 amide bonds. The predicted molar refractivity (Wildman–Crippen MR) is 120 cm³/mol. The Labute approximate surface area is 186 Å². The molecule has 0 atom stereocenters. The smallest absolute Gasteiger partial charge is 0.336 e. The first-order chi connectivity index (χ1) is 15.4. The largest absolute Gasteiger partial charge is 0.484 e. The van der Waals surface area contributed by atoms with Gasteiger partial charge in [0.2, 0.25) is 0 Å². The third-order valence-corrected chi connectivity index (χ3v) is 4.85. The van der Waals surface area contributed by atoms with Crippen LogP contribution in [0.1, 0.15) is 0 Å². The number of fused-ring (bicyclic) bond motifs is 1. The molecule has 9 heteroatoms. The number of hydrogen-bond donors (Lipinski definition) is 1. The van der Waals surface area contributed by atoms with E-state index in [1.54, 1.807) is 48.5 Å². The van der Waals surface area contributed by atoms with Crippen LogP contribution in [0.5, 0.6) is 5.75 Å². The molecule has 1 heterocycles. The van der Waals surface area contributed by atoms with E-state index in [9.17, 15) is 19.7 Å². The quantitative estimate of drug-likeness (QED) is 0.250. The molecule has 0 aliphatic rings. The summed E-state index contributed by atoms with van der Waals surface area (Å²) in [5, 5.41) is 14.7. The number of hydrogen-bond acceptors (Lipinski definition) is 6. The Kier molecular flexibility index (Phi) is 5.87. The molecule has 0 bridgehead atoms. The van der Waals surface area contributed by atoms with E-state index in [-0.39, 0.29) is 23.8 Å². The van der Waals surface area contributed by atoms with Crippen molar-refractivity contribution in [2.45, 2.75) is 0 Å². The zero-order valence-electron chi connectivity index (χ0n) is 16.4. The van der Waals surface area contributed by atoms with Gasteiger partial charge in [-0.2, -0.15) is 0 Å². The number of carbonyl (C=O) groups excluding carboxylic acids is 1. The first-order valence-corrected chi connectivity index (χ1v) is 9.78. The van der Waals surface area contributed by atoms with E-state index in [1.807, 2.05) is 0 Å². The van der Waals surface area contributed by atoms with E-state index < -0.39 is 10.5 Å². The van der Waals surface area contributed by atoms with Crippen LogP contribution in [0.15, 0.2) is 82.0 Å². The molecule has 0 saturated carbocycles. The highest BCUT2D eigenvalue weighted by atomic mass is 35.5. The predicted octanol–water partition coefficient (Wildman–Crippen LogP) is 5.04. The molecule has 0 saturated heterocycles. The zero-order valence-corrected chi connectivity index (χ0v) is 17.2. The average Bonchev–Trinajstić information content (AvgIpc) is 2.78. The molecule has 1 aromatic heterocycles. The minimum atomic E-state index is -0.580. The van der Waals surface area contributed by atoms with Gasteiger partial charge < -0.3 is 14.5 Å². The van der Waals surface area contributed by atoms with Gasteiger partial charge in [0.25, 0.3) is 11.6 Å². The van der Waals surface area contributed by atoms with E-state index >= 15 is 0 Å². The number of ether oxygens (including phenoxy) is 1. The topological polar surface area (TPSA) is 112 Å². The summed E-state index contributed by atoms with van der Waals surface area (Å²) in [6.45, 7) is -0.250. The fraction of sp³-hybridized carbons (Fsp3) is 0.0435. The van der Waals surface area contributed by atoms with Crippen LogP contribution < -0.4 is 15.7 Å². The van der Waals surface area contributed by atoms with Gasteiger partial charge in [0.05, 0.1) is 4.92 Å². The fourth-order valence-corrected chi connectivity index (χ4v) is 3.24. The number of benzene rings is 3. The summed E-state index contributed by atoms with van der Waals surface area (Å²) < 4.78 is 10.8. The Hall–Kier alpha value is -4.17. The fourth-order valence-electron chi connectivity index (χ4n) is 3.11. The summed E-state index contributed by atoms with van der Waals surface area (Å²) in [6, 6.07) is 18.7. The van der Waals surface area contributed by atoms with Crippen molar-refractivity contribution < 1.29 is 18.9 Å². The maximum Gasteiger partial charge on any atom is 0.336 e. The van der Waals surface area contributed by atoms with Crippen LogP contribution in [-0.2, 0) is 4.79 Å². The van der Waals surface area contributed by atoms with Crippen LogP contribution in [0.25, 0.3) is 22.1 Å². The third kappa shape index (κ3) is 4.76. The highest BCUT2D eigenvalue weighted by Gasteiger charge is 2.12. The second-order valence-corrected chi connectivity index (χ2v) is 7.22. The van der Waals surface area contributed by atoms with Gasteiger partial charge in [0.15, 0.2) is 6.61 Å². The SMILES string of the molecule is O=C(COc1ccc2c(-c3ccc([N+](=O)[O-])cc3)cc(=O)oc2c1)Nc1ccc(Cl)cc1. The Bertz CT molecular complexity index is 1360. The lowest BCUT2D eigenvalue weighted by molar-refractivity contribution is -0.384. The van der Waals surface area contributed by atoms with Crippen molar-refractivity contribution in [3.05, 3.63) is 98.4 Å². The number of non-ortho nitro benzene ring substituents is 1.